The maximum atomic E-state index is 12.7. The van der Waals surface area contributed by atoms with Crippen LogP contribution in [0, 0.1) is 0 Å². The molecule has 7 nitrogen and oxygen atoms in total. The molecule has 1 aliphatic rings. The lowest BCUT2D eigenvalue weighted by molar-refractivity contribution is 0.102. The molecule has 3 aromatic rings. The highest BCUT2D eigenvalue weighted by atomic mass is 35.5. The number of carbonyl (C=O) groups is 2. The zero-order valence-corrected chi connectivity index (χ0v) is 19.7. The van der Waals surface area contributed by atoms with E-state index in [2.05, 4.69) is 15.7 Å². The van der Waals surface area contributed by atoms with Crippen molar-refractivity contribution in [3.05, 3.63) is 63.8 Å². The summed E-state index contributed by atoms with van der Waals surface area (Å²) in [7, 11) is 0. The van der Waals surface area contributed by atoms with Crippen LogP contribution in [-0.2, 0) is 0 Å². The van der Waals surface area contributed by atoms with E-state index in [1.165, 1.54) is 10.7 Å². The lowest BCUT2D eigenvalue weighted by Crippen LogP contribution is -2.36. The molecular formula is C24H24Cl2N4O3. The lowest BCUT2D eigenvalue weighted by atomic mass is 9.82. The van der Waals surface area contributed by atoms with E-state index in [0.717, 1.165) is 25.0 Å². The molecule has 4 rings (SSSR count). The maximum absolute atomic E-state index is 12.7. The Morgan fingerprint density at radius 2 is 1.82 bits per heavy atom. The first kappa shape index (κ1) is 23.1. The van der Waals surface area contributed by atoms with Gasteiger partial charge in [0, 0.05) is 29.3 Å². The highest BCUT2D eigenvalue weighted by Gasteiger charge is 2.28. The summed E-state index contributed by atoms with van der Waals surface area (Å²) in [6.07, 6.45) is 3.12. The number of nitrogens with zero attached hydrogens (tertiary/aromatic N) is 2. The van der Waals surface area contributed by atoms with Gasteiger partial charge in [-0.2, -0.15) is 9.78 Å². The molecule has 2 aromatic carbocycles. The van der Waals surface area contributed by atoms with Crippen molar-refractivity contribution in [2.75, 3.05) is 5.32 Å². The molecule has 2 amide bonds. The molecule has 172 valence electrons. The minimum Gasteiger partial charge on any atom is -0.507 e. The van der Waals surface area contributed by atoms with E-state index < -0.39 is 5.91 Å². The number of hydrogen-bond donors (Lipinski definition) is 3. The lowest BCUT2D eigenvalue weighted by Gasteiger charge is -2.25. The molecule has 1 fully saturated rings. The van der Waals surface area contributed by atoms with Crippen molar-refractivity contribution in [3.8, 4) is 17.0 Å². The predicted molar refractivity (Wildman–Crippen MR) is 129 cm³/mol. The third kappa shape index (κ3) is 4.84. The van der Waals surface area contributed by atoms with Gasteiger partial charge < -0.3 is 15.7 Å². The molecule has 0 aliphatic heterocycles. The zero-order chi connectivity index (χ0) is 23.7. The Morgan fingerprint density at radius 1 is 1.12 bits per heavy atom. The molecule has 0 bridgehead atoms. The van der Waals surface area contributed by atoms with Gasteiger partial charge in [0.05, 0.1) is 27.0 Å². The summed E-state index contributed by atoms with van der Waals surface area (Å²) in [5.74, 6) is -0.294. The summed E-state index contributed by atoms with van der Waals surface area (Å²) < 4.78 is 1.40. The van der Waals surface area contributed by atoms with Crippen molar-refractivity contribution in [2.45, 2.75) is 45.1 Å². The van der Waals surface area contributed by atoms with E-state index >= 15 is 0 Å². The second kappa shape index (κ2) is 9.45. The number of amides is 2. The number of nitrogens with one attached hydrogen (secondary N) is 2. The number of anilines is 1. The van der Waals surface area contributed by atoms with E-state index in [1.54, 1.807) is 30.3 Å². The van der Waals surface area contributed by atoms with E-state index in [9.17, 15) is 14.7 Å². The van der Waals surface area contributed by atoms with Crippen LogP contribution in [0.1, 0.15) is 55.1 Å². The summed E-state index contributed by atoms with van der Waals surface area (Å²) in [6.45, 7) is 3.78. The van der Waals surface area contributed by atoms with Crippen molar-refractivity contribution in [1.82, 2.24) is 15.1 Å². The number of phenolic OH excluding ortho intramolecular Hbond substituents is 1. The molecule has 0 radical (unpaired) electrons. The largest absolute Gasteiger partial charge is 0.507 e. The molecule has 1 heterocycles. The first-order valence-corrected chi connectivity index (χ1v) is 11.5. The Labute approximate surface area is 201 Å². The smallest absolute Gasteiger partial charge is 0.342 e. The maximum Gasteiger partial charge on any atom is 0.342 e. The van der Waals surface area contributed by atoms with Crippen molar-refractivity contribution in [3.63, 3.8) is 0 Å². The molecule has 0 atom stereocenters. The average Bonchev–Trinajstić information content (AvgIpc) is 3.10. The van der Waals surface area contributed by atoms with Gasteiger partial charge in [0.15, 0.2) is 0 Å². The highest BCUT2D eigenvalue weighted by molar-refractivity contribution is 6.40. The second-order valence-electron chi connectivity index (χ2n) is 8.38. The third-order valence-corrected chi connectivity index (χ3v) is 6.22. The van der Waals surface area contributed by atoms with E-state index in [0.29, 0.717) is 16.9 Å². The van der Waals surface area contributed by atoms with Crippen LogP contribution in [0.5, 0.6) is 5.75 Å². The number of aromatic hydroxyl groups is 1. The van der Waals surface area contributed by atoms with Gasteiger partial charge in [0.25, 0.3) is 5.91 Å². The van der Waals surface area contributed by atoms with Crippen LogP contribution >= 0.6 is 23.2 Å². The van der Waals surface area contributed by atoms with Gasteiger partial charge in [-0.1, -0.05) is 35.7 Å². The van der Waals surface area contributed by atoms with Gasteiger partial charge in [0.1, 0.15) is 5.75 Å². The molecular weight excluding hydrogens is 463 g/mol. The van der Waals surface area contributed by atoms with E-state index in [4.69, 9.17) is 23.2 Å². The minimum absolute atomic E-state index is 0.0256. The van der Waals surface area contributed by atoms with Gasteiger partial charge in [0.2, 0.25) is 0 Å². The molecule has 0 spiro atoms. The predicted octanol–water partition coefficient (Wildman–Crippen LogP) is 6.05. The van der Waals surface area contributed by atoms with Gasteiger partial charge >= 0.3 is 6.03 Å². The first-order valence-electron chi connectivity index (χ1n) is 10.7. The van der Waals surface area contributed by atoms with Gasteiger partial charge in [-0.3, -0.25) is 4.79 Å². The molecule has 1 aromatic heterocycles. The fourth-order valence-corrected chi connectivity index (χ4v) is 4.30. The Balaban J connectivity index is 1.61. The SMILES string of the molecule is CC(C)NC(=O)n1nc(-c2ccc(NC(=O)c3c(Cl)cccc3Cl)cc2O)cc1C1CCC1. The number of carbonyl (C=O) groups excluding carboxylic acids is 2. The van der Waals surface area contributed by atoms with Crippen molar-refractivity contribution < 1.29 is 14.7 Å². The standard InChI is InChI=1S/C24H24Cl2N4O3/c1-13(2)27-24(33)30-20(14-5-3-6-14)12-19(29-30)16-10-9-15(11-21(16)31)28-23(32)22-17(25)7-4-8-18(22)26/h4,7-14,31H,3,5-6H2,1-2H3,(H,27,33)(H,28,32). The highest BCUT2D eigenvalue weighted by Crippen LogP contribution is 2.39. The quantitative estimate of drug-likeness (QED) is 0.408. The number of benzene rings is 2. The fourth-order valence-electron chi connectivity index (χ4n) is 3.73. The van der Waals surface area contributed by atoms with Crippen LogP contribution in [0.15, 0.2) is 42.5 Å². The number of rotatable bonds is 5. The van der Waals surface area contributed by atoms with Crippen molar-refractivity contribution in [2.24, 2.45) is 0 Å². The number of phenols is 1. The summed E-state index contributed by atoms with van der Waals surface area (Å²) in [4.78, 5) is 25.3. The molecule has 9 heteroatoms. The summed E-state index contributed by atoms with van der Waals surface area (Å²) in [5, 5.41) is 21.2. The van der Waals surface area contributed by atoms with E-state index in [-0.39, 0.29) is 39.3 Å². The first-order chi connectivity index (χ1) is 15.7. The molecule has 1 saturated carbocycles. The summed E-state index contributed by atoms with van der Waals surface area (Å²) >= 11 is 12.2. The Morgan fingerprint density at radius 3 is 2.39 bits per heavy atom. The van der Waals surface area contributed by atoms with Crippen LogP contribution in [0.4, 0.5) is 10.5 Å². The van der Waals surface area contributed by atoms with Crippen LogP contribution in [-0.4, -0.2) is 32.9 Å². The average molecular weight is 487 g/mol. The van der Waals surface area contributed by atoms with Crippen LogP contribution in [0.25, 0.3) is 11.3 Å². The second-order valence-corrected chi connectivity index (χ2v) is 9.20. The number of halogens is 2. The number of aromatic nitrogens is 2. The molecule has 0 saturated heterocycles. The van der Waals surface area contributed by atoms with Crippen LogP contribution in [0.3, 0.4) is 0 Å². The Hall–Kier alpha value is -3.03. The third-order valence-electron chi connectivity index (χ3n) is 5.59. The summed E-state index contributed by atoms with van der Waals surface area (Å²) in [5.41, 5.74) is 2.30. The Bertz CT molecular complexity index is 1200. The zero-order valence-electron chi connectivity index (χ0n) is 18.2. The number of hydrogen-bond acceptors (Lipinski definition) is 4. The van der Waals surface area contributed by atoms with Gasteiger partial charge in [-0.15, -0.1) is 0 Å². The minimum atomic E-state index is -0.486. The van der Waals surface area contributed by atoms with Gasteiger partial charge in [-0.05, 0) is 57.0 Å². The van der Waals surface area contributed by atoms with Crippen LogP contribution in [0.2, 0.25) is 10.0 Å². The topological polar surface area (TPSA) is 96.3 Å². The molecule has 1 aliphatic carbocycles. The molecule has 0 unspecified atom stereocenters. The van der Waals surface area contributed by atoms with Crippen molar-refractivity contribution >= 4 is 40.8 Å². The Kier molecular flexibility index (Phi) is 6.63. The van der Waals surface area contributed by atoms with Crippen molar-refractivity contribution in [1.29, 1.82) is 0 Å². The fraction of sp³-hybridized carbons (Fsp3) is 0.292. The van der Waals surface area contributed by atoms with Crippen LogP contribution < -0.4 is 10.6 Å². The summed E-state index contributed by atoms with van der Waals surface area (Å²) in [6, 6.07) is 11.1. The monoisotopic (exact) mass is 486 g/mol. The molecule has 33 heavy (non-hydrogen) atoms. The normalized spacial score (nSPS) is 13.6. The van der Waals surface area contributed by atoms with E-state index in [1.807, 2.05) is 19.9 Å². The van der Waals surface area contributed by atoms with Gasteiger partial charge in [-0.25, -0.2) is 4.79 Å². The molecule has 3 N–H and O–H groups in total.